The van der Waals surface area contributed by atoms with Crippen LogP contribution in [-0.2, 0) is 9.47 Å². The number of rotatable bonds is 2. The van der Waals surface area contributed by atoms with Crippen LogP contribution in [0.5, 0.6) is 0 Å². The standard InChI is InChI=1S/C14H14O5/c1-7-5-8(2)11-9(6-7)10(13(15)17-3)12(19-11)14(16)18-4/h5-6H,1-4H3. The van der Waals surface area contributed by atoms with Crippen LogP contribution in [0.2, 0.25) is 0 Å². The first-order valence-electron chi connectivity index (χ1n) is 5.70. The Bertz CT molecular complexity index is 666. The predicted octanol–water partition coefficient (Wildman–Crippen LogP) is 2.62. The molecule has 1 aromatic heterocycles. The number of hydrogen-bond acceptors (Lipinski definition) is 5. The molecule has 2 aromatic rings. The number of ether oxygens (including phenoxy) is 2. The molecule has 0 atom stereocenters. The second-order valence-corrected chi connectivity index (χ2v) is 4.25. The monoisotopic (exact) mass is 262 g/mol. The smallest absolute Gasteiger partial charge is 0.374 e. The van der Waals surface area contributed by atoms with Gasteiger partial charge in [0.15, 0.2) is 0 Å². The molecule has 0 fully saturated rings. The minimum absolute atomic E-state index is 0.108. The topological polar surface area (TPSA) is 65.7 Å². The number of aryl methyl sites for hydroxylation is 2. The SMILES string of the molecule is COC(=O)c1oc2c(C)cc(C)cc2c1C(=O)OC. The number of furan rings is 1. The average Bonchev–Trinajstić information content (AvgIpc) is 2.76. The molecule has 0 bridgehead atoms. The van der Waals surface area contributed by atoms with Gasteiger partial charge in [-0.05, 0) is 31.0 Å². The minimum atomic E-state index is -0.700. The summed E-state index contributed by atoms with van der Waals surface area (Å²) in [7, 11) is 2.49. The summed E-state index contributed by atoms with van der Waals surface area (Å²) in [6.07, 6.45) is 0. The van der Waals surface area contributed by atoms with Gasteiger partial charge in [0.1, 0.15) is 11.1 Å². The molecular weight excluding hydrogens is 248 g/mol. The highest BCUT2D eigenvalue weighted by Gasteiger charge is 2.27. The Labute approximate surface area is 110 Å². The summed E-state index contributed by atoms with van der Waals surface area (Å²) < 4.78 is 14.8. The molecule has 0 amide bonds. The van der Waals surface area contributed by atoms with Crippen LogP contribution in [-0.4, -0.2) is 26.2 Å². The van der Waals surface area contributed by atoms with Gasteiger partial charge in [-0.3, -0.25) is 0 Å². The molecule has 0 unspecified atom stereocenters. The number of hydrogen-bond donors (Lipinski definition) is 0. The second-order valence-electron chi connectivity index (χ2n) is 4.25. The summed E-state index contributed by atoms with van der Waals surface area (Å²) in [5, 5.41) is 0.560. The Morgan fingerprint density at radius 1 is 1.05 bits per heavy atom. The van der Waals surface area contributed by atoms with Crippen molar-refractivity contribution in [2.75, 3.05) is 14.2 Å². The fourth-order valence-electron chi connectivity index (χ4n) is 2.09. The molecule has 100 valence electrons. The number of carbonyl (C=O) groups excluding carboxylic acids is 2. The van der Waals surface area contributed by atoms with E-state index in [1.54, 1.807) is 6.07 Å². The van der Waals surface area contributed by atoms with Gasteiger partial charge in [-0.15, -0.1) is 0 Å². The number of carbonyl (C=O) groups is 2. The van der Waals surface area contributed by atoms with E-state index in [1.807, 2.05) is 19.9 Å². The van der Waals surface area contributed by atoms with Gasteiger partial charge in [0.2, 0.25) is 5.76 Å². The third-order valence-corrected chi connectivity index (χ3v) is 2.88. The van der Waals surface area contributed by atoms with Crippen LogP contribution in [0.15, 0.2) is 16.5 Å². The minimum Gasteiger partial charge on any atom is -0.465 e. The zero-order chi connectivity index (χ0) is 14.2. The Kier molecular flexibility index (Phi) is 3.29. The molecule has 0 radical (unpaired) electrons. The van der Waals surface area contributed by atoms with E-state index in [0.29, 0.717) is 11.0 Å². The lowest BCUT2D eigenvalue weighted by atomic mass is 10.0. The van der Waals surface area contributed by atoms with Gasteiger partial charge >= 0.3 is 11.9 Å². The Morgan fingerprint density at radius 3 is 2.26 bits per heavy atom. The Hall–Kier alpha value is -2.30. The first-order chi connectivity index (χ1) is 8.99. The average molecular weight is 262 g/mol. The number of methoxy groups -OCH3 is 2. The number of esters is 2. The Morgan fingerprint density at radius 2 is 1.68 bits per heavy atom. The summed E-state index contributed by atoms with van der Waals surface area (Å²) >= 11 is 0. The predicted molar refractivity (Wildman–Crippen MR) is 68.4 cm³/mol. The molecule has 19 heavy (non-hydrogen) atoms. The molecule has 1 heterocycles. The van der Waals surface area contributed by atoms with Crippen molar-refractivity contribution in [1.82, 2.24) is 0 Å². The van der Waals surface area contributed by atoms with Gasteiger partial charge < -0.3 is 13.9 Å². The highest BCUT2D eigenvalue weighted by Crippen LogP contribution is 2.30. The van der Waals surface area contributed by atoms with Crippen LogP contribution in [0.3, 0.4) is 0 Å². The fourth-order valence-corrected chi connectivity index (χ4v) is 2.09. The summed E-state index contributed by atoms with van der Waals surface area (Å²) in [4.78, 5) is 23.6. The number of fused-ring (bicyclic) bond motifs is 1. The quantitative estimate of drug-likeness (QED) is 0.778. The van der Waals surface area contributed by atoms with Gasteiger partial charge in [0, 0.05) is 5.39 Å². The van der Waals surface area contributed by atoms with Crippen molar-refractivity contribution in [3.05, 3.63) is 34.6 Å². The van der Waals surface area contributed by atoms with E-state index < -0.39 is 11.9 Å². The summed E-state index contributed by atoms with van der Waals surface area (Å²) in [5.74, 6) is -1.45. The van der Waals surface area contributed by atoms with Gasteiger partial charge in [0.25, 0.3) is 0 Å². The Balaban J connectivity index is 2.85. The molecule has 0 spiro atoms. The van der Waals surface area contributed by atoms with Gasteiger partial charge in [-0.1, -0.05) is 6.07 Å². The maximum atomic E-state index is 11.9. The normalized spacial score (nSPS) is 10.5. The van der Waals surface area contributed by atoms with Crippen LogP contribution in [0.1, 0.15) is 32.0 Å². The number of benzene rings is 1. The largest absolute Gasteiger partial charge is 0.465 e. The van der Waals surface area contributed by atoms with Crippen LogP contribution < -0.4 is 0 Å². The second kappa shape index (κ2) is 4.76. The molecule has 0 N–H and O–H groups in total. The first-order valence-corrected chi connectivity index (χ1v) is 5.70. The molecule has 0 aliphatic heterocycles. The van der Waals surface area contributed by atoms with E-state index in [0.717, 1.165) is 11.1 Å². The molecular formula is C14H14O5. The molecule has 0 aliphatic carbocycles. The van der Waals surface area contributed by atoms with E-state index in [4.69, 9.17) is 9.15 Å². The van der Waals surface area contributed by atoms with Gasteiger partial charge in [-0.25, -0.2) is 9.59 Å². The zero-order valence-electron chi connectivity index (χ0n) is 11.2. The first kappa shape index (κ1) is 13.1. The molecule has 0 aliphatic rings. The summed E-state index contributed by atoms with van der Waals surface area (Å²) in [6, 6.07) is 3.69. The van der Waals surface area contributed by atoms with Crippen LogP contribution in [0.4, 0.5) is 0 Å². The van der Waals surface area contributed by atoms with Gasteiger partial charge in [-0.2, -0.15) is 0 Å². The van der Waals surface area contributed by atoms with E-state index >= 15 is 0 Å². The third kappa shape index (κ3) is 2.07. The molecule has 1 aromatic carbocycles. The van der Waals surface area contributed by atoms with Crippen LogP contribution in [0, 0.1) is 13.8 Å². The molecule has 0 saturated heterocycles. The van der Waals surface area contributed by atoms with Crippen molar-refractivity contribution in [3.8, 4) is 0 Å². The summed E-state index contributed by atoms with van der Waals surface area (Å²) in [6.45, 7) is 3.75. The van der Waals surface area contributed by atoms with Crippen molar-refractivity contribution < 1.29 is 23.5 Å². The fraction of sp³-hybridized carbons (Fsp3) is 0.286. The lowest BCUT2D eigenvalue weighted by Gasteiger charge is -2.00. The van der Waals surface area contributed by atoms with E-state index in [1.165, 1.54) is 14.2 Å². The van der Waals surface area contributed by atoms with Crippen LogP contribution in [0.25, 0.3) is 11.0 Å². The molecule has 0 saturated carbocycles. The summed E-state index contributed by atoms with van der Waals surface area (Å²) in [5.41, 5.74) is 2.41. The highest BCUT2D eigenvalue weighted by atomic mass is 16.5. The third-order valence-electron chi connectivity index (χ3n) is 2.88. The van der Waals surface area contributed by atoms with Crippen LogP contribution >= 0.6 is 0 Å². The highest BCUT2D eigenvalue weighted by molar-refractivity contribution is 6.11. The molecule has 5 nitrogen and oxygen atoms in total. The van der Waals surface area contributed by atoms with E-state index in [9.17, 15) is 9.59 Å². The zero-order valence-corrected chi connectivity index (χ0v) is 11.2. The maximum Gasteiger partial charge on any atom is 0.374 e. The lowest BCUT2D eigenvalue weighted by Crippen LogP contribution is -2.09. The maximum absolute atomic E-state index is 11.9. The van der Waals surface area contributed by atoms with Crippen molar-refractivity contribution >= 4 is 22.9 Å². The van der Waals surface area contributed by atoms with Crippen molar-refractivity contribution in [3.63, 3.8) is 0 Å². The lowest BCUT2D eigenvalue weighted by molar-refractivity contribution is 0.0531. The van der Waals surface area contributed by atoms with E-state index in [-0.39, 0.29) is 11.3 Å². The molecule has 5 heteroatoms. The van der Waals surface area contributed by atoms with E-state index in [2.05, 4.69) is 4.74 Å². The van der Waals surface area contributed by atoms with Crippen molar-refractivity contribution in [2.24, 2.45) is 0 Å². The van der Waals surface area contributed by atoms with Gasteiger partial charge in [0.05, 0.1) is 14.2 Å². The van der Waals surface area contributed by atoms with Crippen molar-refractivity contribution in [1.29, 1.82) is 0 Å². The molecule has 2 rings (SSSR count). The van der Waals surface area contributed by atoms with Crippen molar-refractivity contribution in [2.45, 2.75) is 13.8 Å².